The van der Waals surface area contributed by atoms with Gasteiger partial charge in [-0.2, -0.15) is 0 Å². The average Bonchev–Trinajstić information content (AvgIpc) is 3.48. The number of carbonyl (C=O) groups excluding carboxylic acids is 3. The monoisotopic (exact) mass is 438 g/mol. The van der Waals surface area contributed by atoms with Crippen LogP contribution >= 0.6 is 0 Å². The quantitative estimate of drug-likeness (QED) is 0.637. The second-order valence-corrected chi connectivity index (χ2v) is 7.79. The molecule has 0 aromatic heterocycles. The molecule has 32 heavy (non-hydrogen) atoms. The zero-order valence-electron chi connectivity index (χ0n) is 17.7. The molecule has 2 aromatic carbocycles. The van der Waals surface area contributed by atoms with Gasteiger partial charge in [-0.3, -0.25) is 9.59 Å². The molecule has 8 heteroatoms. The van der Waals surface area contributed by atoms with Crippen LogP contribution in [0, 0.1) is 0 Å². The van der Waals surface area contributed by atoms with Gasteiger partial charge in [-0.15, -0.1) is 0 Å². The van der Waals surface area contributed by atoms with Crippen LogP contribution < -0.4 is 15.0 Å². The van der Waals surface area contributed by atoms with Crippen molar-refractivity contribution < 1.29 is 28.6 Å². The van der Waals surface area contributed by atoms with Crippen molar-refractivity contribution in [1.29, 1.82) is 0 Å². The first-order valence-electron chi connectivity index (χ1n) is 10.8. The first-order valence-corrected chi connectivity index (χ1v) is 10.8. The fourth-order valence-corrected chi connectivity index (χ4v) is 3.74. The molecule has 0 saturated carbocycles. The molecule has 2 amide bonds. The molecule has 0 aliphatic carbocycles. The largest absolute Gasteiger partial charge is 0.491 e. The molecule has 1 N–H and O–H groups in total. The van der Waals surface area contributed by atoms with E-state index in [2.05, 4.69) is 5.32 Å². The van der Waals surface area contributed by atoms with Crippen LogP contribution in [0.2, 0.25) is 0 Å². The molecule has 1 unspecified atom stereocenters. The molecule has 168 valence electrons. The molecule has 0 radical (unpaired) electrons. The Hall–Kier alpha value is -3.39. The summed E-state index contributed by atoms with van der Waals surface area (Å²) >= 11 is 0. The summed E-state index contributed by atoms with van der Waals surface area (Å²) in [5, 5.41) is 2.69. The zero-order valence-corrected chi connectivity index (χ0v) is 17.7. The Morgan fingerprint density at radius 2 is 1.97 bits per heavy atom. The molecule has 1 atom stereocenters. The molecule has 4 rings (SSSR count). The van der Waals surface area contributed by atoms with E-state index in [1.165, 1.54) is 0 Å². The van der Waals surface area contributed by atoms with Gasteiger partial charge < -0.3 is 24.4 Å². The van der Waals surface area contributed by atoms with Gasteiger partial charge in [0.15, 0.2) is 6.61 Å². The highest BCUT2D eigenvalue weighted by Gasteiger charge is 2.22. The van der Waals surface area contributed by atoms with Crippen molar-refractivity contribution in [2.75, 3.05) is 36.6 Å². The summed E-state index contributed by atoms with van der Waals surface area (Å²) in [4.78, 5) is 38.1. The number of esters is 1. The van der Waals surface area contributed by atoms with Crippen LogP contribution in [-0.4, -0.2) is 50.3 Å². The number of anilines is 2. The van der Waals surface area contributed by atoms with Gasteiger partial charge in [0.1, 0.15) is 12.4 Å². The molecule has 2 heterocycles. The number of amides is 2. The molecule has 0 spiro atoms. The number of nitrogens with zero attached hydrogens (tertiary/aromatic N) is 1. The number of carbonyl (C=O) groups is 3. The summed E-state index contributed by atoms with van der Waals surface area (Å²) in [5.74, 6) is -0.334. The van der Waals surface area contributed by atoms with Gasteiger partial charge in [0.2, 0.25) is 5.91 Å². The summed E-state index contributed by atoms with van der Waals surface area (Å²) in [7, 11) is 0. The number of rotatable bonds is 8. The summed E-state index contributed by atoms with van der Waals surface area (Å²) in [6, 6.07) is 13.6. The van der Waals surface area contributed by atoms with Gasteiger partial charge in [0, 0.05) is 30.9 Å². The van der Waals surface area contributed by atoms with Gasteiger partial charge in [0.25, 0.3) is 5.91 Å². The van der Waals surface area contributed by atoms with Gasteiger partial charge >= 0.3 is 5.97 Å². The van der Waals surface area contributed by atoms with Crippen molar-refractivity contribution >= 4 is 29.2 Å². The lowest BCUT2D eigenvalue weighted by atomic mass is 10.2. The van der Waals surface area contributed by atoms with Crippen molar-refractivity contribution in [3.8, 4) is 5.75 Å². The maximum absolute atomic E-state index is 12.2. The van der Waals surface area contributed by atoms with E-state index in [-0.39, 0.29) is 12.0 Å². The standard InChI is InChI=1S/C24H26N2O6/c27-22(25-18-4-1-5-19(14-18)26-12-2-7-23(26)28)16-32-24(29)17-8-10-20(11-9-17)31-15-21-6-3-13-30-21/h1,4-5,8-11,14,21H,2-3,6-7,12-13,15-16H2,(H,25,27). The predicted molar refractivity (Wildman–Crippen MR) is 118 cm³/mol. The summed E-state index contributed by atoms with van der Waals surface area (Å²) in [6.07, 6.45) is 3.53. The third-order valence-electron chi connectivity index (χ3n) is 5.40. The van der Waals surface area contributed by atoms with E-state index in [1.54, 1.807) is 47.4 Å². The van der Waals surface area contributed by atoms with Crippen LogP contribution in [0.5, 0.6) is 5.75 Å². The molecular formula is C24H26N2O6. The lowest BCUT2D eigenvalue weighted by Gasteiger charge is -2.16. The van der Waals surface area contributed by atoms with Gasteiger partial charge in [-0.25, -0.2) is 4.79 Å². The smallest absolute Gasteiger partial charge is 0.338 e. The first-order chi connectivity index (χ1) is 15.6. The fraction of sp³-hybridized carbons (Fsp3) is 0.375. The first kappa shape index (κ1) is 21.8. The van der Waals surface area contributed by atoms with Crippen molar-refractivity contribution in [3.63, 3.8) is 0 Å². The fourth-order valence-electron chi connectivity index (χ4n) is 3.74. The number of hydrogen-bond acceptors (Lipinski definition) is 6. The van der Waals surface area contributed by atoms with E-state index in [0.29, 0.717) is 36.6 Å². The van der Waals surface area contributed by atoms with Crippen LogP contribution in [0.15, 0.2) is 48.5 Å². The van der Waals surface area contributed by atoms with Gasteiger partial charge in [0.05, 0.1) is 11.7 Å². The molecule has 0 bridgehead atoms. The van der Waals surface area contributed by atoms with Gasteiger partial charge in [-0.1, -0.05) is 6.07 Å². The molecular weight excluding hydrogens is 412 g/mol. The minimum atomic E-state index is -0.595. The third-order valence-corrected chi connectivity index (χ3v) is 5.40. The Morgan fingerprint density at radius 3 is 2.69 bits per heavy atom. The van der Waals surface area contributed by atoms with Crippen LogP contribution in [0.1, 0.15) is 36.0 Å². The van der Waals surface area contributed by atoms with E-state index < -0.39 is 18.5 Å². The van der Waals surface area contributed by atoms with Crippen molar-refractivity contribution in [2.45, 2.75) is 31.8 Å². The van der Waals surface area contributed by atoms with E-state index >= 15 is 0 Å². The van der Waals surface area contributed by atoms with Crippen molar-refractivity contribution in [1.82, 2.24) is 0 Å². The number of hydrogen-bond donors (Lipinski definition) is 1. The molecule has 2 saturated heterocycles. The Labute approximate surface area is 186 Å². The SMILES string of the molecule is O=C(COC(=O)c1ccc(OCC2CCCO2)cc1)Nc1cccc(N2CCCC2=O)c1. The molecule has 2 fully saturated rings. The lowest BCUT2D eigenvalue weighted by Crippen LogP contribution is -2.24. The normalized spacial score (nSPS) is 17.9. The summed E-state index contributed by atoms with van der Waals surface area (Å²) < 4.78 is 16.3. The number of benzene rings is 2. The van der Waals surface area contributed by atoms with Crippen LogP contribution in [0.3, 0.4) is 0 Å². The maximum Gasteiger partial charge on any atom is 0.338 e. The minimum Gasteiger partial charge on any atom is -0.491 e. The van der Waals surface area contributed by atoms with E-state index in [1.807, 2.05) is 6.07 Å². The number of ether oxygens (including phenoxy) is 3. The zero-order chi connectivity index (χ0) is 22.3. The highest BCUT2D eigenvalue weighted by Crippen LogP contribution is 2.24. The van der Waals surface area contributed by atoms with E-state index in [9.17, 15) is 14.4 Å². The molecule has 8 nitrogen and oxygen atoms in total. The second kappa shape index (κ2) is 10.3. The number of nitrogens with one attached hydrogen (secondary N) is 1. The topological polar surface area (TPSA) is 94.2 Å². The van der Waals surface area contributed by atoms with E-state index in [4.69, 9.17) is 14.2 Å². The Bertz CT molecular complexity index is 969. The van der Waals surface area contributed by atoms with Crippen molar-refractivity contribution in [3.05, 3.63) is 54.1 Å². The summed E-state index contributed by atoms with van der Waals surface area (Å²) in [5.41, 5.74) is 1.61. The van der Waals surface area contributed by atoms with Crippen LogP contribution in [-0.2, 0) is 19.1 Å². The molecule has 2 aromatic rings. The minimum absolute atomic E-state index is 0.0747. The third kappa shape index (κ3) is 5.64. The lowest BCUT2D eigenvalue weighted by molar-refractivity contribution is -0.119. The van der Waals surface area contributed by atoms with Gasteiger partial charge in [-0.05, 0) is 61.7 Å². The Morgan fingerprint density at radius 1 is 1.12 bits per heavy atom. The summed E-state index contributed by atoms with van der Waals surface area (Å²) in [6.45, 7) is 1.52. The predicted octanol–water partition coefficient (Wildman–Crippen LogP) is 3.17. The van der Waals surface area contributed by atoms with Crippen molar-refractivity contribution in [2.24, 2.45) is 0 Å². The average molecular weight is 438 g/mol. The van der Waals surface area contributed by atoms with Crippen LogP contribution in [0.4, 0.5) is 11.4 Å². The Balaban J connectivity index is 1.24. The maximum atomic E-state index is 12.2. The van der Waals surface area contributed by atoms with Crippen LogP contribution in [0.25, 0.3) is 0 Å². The Kier molecular flexibility index (Phi) is 7.01. The van der Waals surface area contributed by atoms with E-state index in [0.717, 1.165) is 31.6 Å². The molecule has 2 aliphatic heterocycles. The second-order valence-electron chi connectivity index (χ2n) is 7.79. The highest BCUT2D eigenvalue weighted by atomic mass is 16.5. The molecule has 2 aliphatic rings. The highest BCUT2D eigenvalue weighted by molar-refractivity contribution is 5.98.